The summed E-state index contributed by atoms with van der Waals surface area (Å²) in [6, 6.07) is 3.82. The second kappa shape index (κ2) is 4.40. The van der Waals surface area contributed by atoms with Crippen molar-refractivity contribution in [2.45, 2.75) is 6.10 Å². The zero-order valence-electron chi connectivity index (χ0n) is 6.78. The molecule has 2 aromatic heterocycles. The van der Waals surface area contributed by atoms with E-state index < -0.39 is 6.10 Å². The summed E-state index contributed by atoms with van der Waals surface area (Å²) in [6.45, 7) is 0. The van der Waals surface area contributed by atoms with E-state index in [1.807, 2.05) is 17.5 Å². The molecule has 0 saturated carbocycles. The highest BCUT2D eigenvalue weighted by molar-refractivity contribution is 9.11. The van der Waals surface area contributed by atoms with Crippen molar-refractivity contribution < 1.29 is 5.11 Å². The van der Waals surface area contributed by atoms with Crippen molar-refractivity contribution in [3.63, 3.8) is 0 Å². The van der Waals surface area contributed by atoms with Crippen LogP contribution < -0.4 is 0 Å². The van der Waals surface area contributed by atoms with Gasteiger partial charge >= 0.3 is 0 Å². The van der Waals surface area contributed by atoms with Gasteiger partial charge in [0, 0.05) is 10.3 Å². The molecule has 0 aliphatic heterocycles. The van der Waals surface area contributed by atoms with E-state index in [-0.39, 0.29) is 0 Å². The number of nitrogens with zero attached hydrogens (tertiary/aromatic N) is 1. The number of aliphatic hydroxyl groups is 1. The molecule has 0 aliphatic carbocycles. The van der Waals surface area contributed by atoms with E-state index in [1.165, 1.54) is 22.7 Å². The number of aliphatic hydroxyl groups excluding tert-OH is 1. The first-order chi connectivity index (χ1) is 6.66. The van der Waals surface area contributed by atoms with Gasteiger partial charge in [-0.25, -0.2) is 4.98 Å². The van der Waals surface area contributed by atoms with Crippen LogP contribution in [0.25, 0.3) is 0 Å². The third-order valence-corrected chi connectivity index (χ3v) is 4.87. The zero-order valence-corrected chi connectivity index (χ0v) is 11.6. The molecular formula is C8H5Br2NOS2. The van der Waals surface area contributed by atoms with E-state index in [4.69, 9.17) is 0 Å². The fourth-order valence-electron chi connectivity index (χ4n) is 0.989. The van der Waals surface area contributed by atoms with Gasteiger partial charge in [-0.1, -0.05) is 0 Å². The van der Waals surface area contributed by atoms with Gasteiger partial charge in [0.05, 0.1) is 3.79 Å². The second-order valence-corrected chi connectivity index (χ2v) is 6.75. The molecule has 0 fully saturated rings. The maximum atomic E-state index is 9.94. The van der Waals surface area contributed by atoms with Crippen LogP contribution in [0, 0.1) is 0 Å². The number of thiophene rings is 1. The summed E-state index contributed by atoms with van der Waals surface area (Å²) in [5.74, 6) is 0. The molecule has 2 rings (SSSR count). The molecule has 0 amide bonds. The van der Waals surface area contributed by atoms with Crippen molar-refractivity contribution in [2.75, 3.05) is 0 Å². The highest BCUT2D eigenvalue weighted by atomic mass is 79.9. The van der Waals surface area contributed by atoms with Crippen LogP contribution in [0.3, 0.4) is 0 Å². The lowest BCUT2D eigenvalue weighted by molar-refractivity contribution is 0.223. The average Bonchev–Trinajstić information content (AvgIpc) is 2.73. The molecule has 0 aromatic carbocycles. The first-order valence-corrected chi connectivity index (χ1v) is 6.99. The third kappa shape index (κ3) is 2.25. The van der Waals surface area contributed by atoms with Crippen LogP contribution >= 0.6 is 54.5 Å². The maximum absolute atomic E-state index is 9.94. The minimum absolute atomic E-state index is 0.609. The fraction of sp³-hybridized carbons (Fsp3) is 0.125. The van der Waals surface area contributed by atoms with E-state index in [0.717, 1.165) is 13.3 Å². The third-order valence-electron chi connectivity index (χ3n) is 1.59. The van der Waals surface area contributed by atoms with Gasteiger partial charge in [0.25, 0.3) is 0 Å². The number of hydrogen-bond acceptors (Lipinski definition) is 4. The van der Waals surface area contributed by atoms with Crippen LogP contribution in [-0.4, -0.2) is 10.1 Å². The summed E-state index contributed by atoms with van der Waals surface area (Å²) >= 11 is 9.58. The Hall–Kier alpha value is 0.250. The molecule has 0 saturated heterocycles. The van der Waals surface area contributed by atoms with Crippen LogP contribution in [0.4, 0.5) is 0 Å². The van der Waals surface area contributed by atoms with Crippen molar-refractivity contribution in [3.05, 3.63) is 35.8 Å². The number of hydrogen-bond donors (Lipinski definition) is 1. The largest absolute Gasteiger partial charge is 0.380 e. The Labute approximate surface area is 106 Å². The Bertz CT molecular complexity index is 400. The molecule has 0 aliphatic rings. The van der Waals surface area contributed by atoms with Gasteiger partial charge in [-0.05, 0) is 44.0 Å². The highest BCUT2D eigenvalue weighted by Crippen LogP contribution is 2.32. The molecule has 2 heterocycles. The first kappa shape index (κ1) is 10.8. The van der Waals surface area contributed by atoms with Crippen LogP contribution in [0.1, 0.15) is 16.0 Å². The number of halogens is 2. The lowest BCUT2D eigenvalue weighted by Gasteiger charge is -2.02. The summed E-state index contributed by atoms with van der Waals surface area (Å²) in [4.78, 5) is 5.07. The van der Waals surface area contributed by atoms with Crippen LogP contribution in [0.5, 0.6) is 0 Å². The van der Waals surface area contributed by atoms with Gasteiger partial charge in [-0.15, -0.1) is 22.7 Å². The van der Waals surface area contributed by atoms with E-state index >= 15 is 0 Å². The van der Waals surface area contributed by atoms with Crippen molar-refractivity contribution in [3.8, 4) is 0 Å². The Kier molecular flexibility index (Phi) is 3.38. The Morgan fingerprint density at radius 3 is 2.64 bits per heavy atom. The number of thiazole rings is 1. The van der Waals surface area contributed by atoms with E-state index in [1.54, 1.807) is 0 Å². The van der Waals surface area contributed by atoms with Crippen LogP contribution in [0.15, 0.2) is 25.9 Å². The van der Waals surface area contributed by atoms with Gasteiger partial charge < -0.3 is 5.11 Å². The molecular weight excluding hydrogens is 350 g/mol. The molecule has 14 heavy (non-hydrogen) atoms. The average molecular weight is 355 g/mol. The van der Waals surface area contributed by atoms with Gasteiger partial charge in [0.1, 0.15) is 15.7 Å². The van der Waals surface area contributed by atoms with Gasteiger partial charge in [0.15, 0.2) is 0 Å². The monoisotopic (exact) mass is 353 g/mol. The quantitative estimate of drug-likeness (QED) is 0.889. The lowest BCUT2D eigenvalue weighted by Crippen LogP contribution is -1.95. The van der Waals surface area contributed by atoms with Gasteiger partial charge in [-0.3, -0.25) is 0 Å². The normalized spacial score (nSPS) is 13.1. The van der Waals surface area contributed by atoms with E-state index in [2.05, 4.69) is 36.8 Å². The zero-order chi connectivity index (χ0) is 10.1. The predicted octanol–water partition coefficient (Wildman–Crippen LogP) is 3.81. The van der Waals surface area contributed by atoms with Crippen molar-refractivity contribution >= 4 is 54.5 Å². The maximum Gasteiger partial charge on any atom is 0.140 e. The van der Waals surface area contributed by atoms with E-state index in [0.29, 0.717) is 5.01 Å². The Morgan fingerprint density at radius 2 is 2.14 bits per heavy atom. The minimum atomic E-state index is -0.609. The topological polar surface area (TPSA) is 33.1 Å². The molecule has 1 atom stereocenters. The molecule has 1 unspecified atom stereocenters. The lowest BCUT2D eigenvalue weighted by atomic mass is 10.3. The number of rotatable bonds is 2. The number of aromatic nitrogens is 1. The summed E-state index contributed by atoms with van der Waals surface area (Å²) in [5.41, 5.74) is 0. The molecule has 1 N–H and O–H groups in total. The second-order valence-electron chi connectivity index (χ2n) is 2.55. The summed E-state index contributed by atoms with van der Waals surface area (Å²) in [7, 11) is 0. The minimum Gasteiger partial charge on any atom is -0.380 e. The molecule has 6 heteroatoms. The van der Waals surface area contributed by atoms with Crippen molar-refractivity contribution in [1.29, 1.82) is 0 Å². The standard InChI is InChI=1S/C8H5Br2NOS2/c9-5-3-13-8(11-5)7(12)4-1-2-6(10)14-4/h1-3,7,12H. The summed E-state index contributed by atoms with van der Waals surface area (Å²) in [5, 5.41) is 12.5. The van der Waals surface area contributed by atoms with Crippen molar-refractivity contribution in [2.24, 2.45) is 0 Å². The van der Waals surface area contributed by atoms with Gasteiger partial charge in [0.2, 0.25) is 0 Å². The van der Waals surface area contributed by atoms with Crippen molar-refractivity contribution in [1.82, 2.24) is 4.98 Å². The Balaban J connectivity index is 2.28. The molecule has 0 spiro atoms. The summed E-state index contributed by atoms with van der Waals surface area (Å²) in [6.07, 6.45) is -0.609. The van der Waals surface area contributed by atoms with Gasteiger partial charge in [-0.2, -0.15) is 0 Å². The molecule has 2 aromatic rings. The first-order valence-electron chi connectivity index (χ1n) is 3.71. The molecule has 0 bridgehead atoms. The summed E-state index contributed by atoms with van der Waals surface area (Å²) < 4.78 is 1.79. The predicted molar refractivity (Wildman–Crippen MR) is 65.9 cm³/mol. The molecule has 2 nitrogen and oxygen atoms in total. The highest BCUT2D eigenvalue weighted by Gasteiger charge is 2.15. The SMILES string of the molecule is OC(c1ccc(Br)s1)c1nc(Br)cs1. The van der Waals surface area contributed by atoms with E-state index in [9.17, 15) is 5.11 Å². The Morgan fingerprint density at radius 1 is 1.36 bits per heavy atom. The van der Waals surface area contributed by atoms with Crippen LogP contribution in [-0.2, 0) is 0 Å². The fourth-order valence-corrected chi connectivity index (χ4v) is 3.74. The molecule has 74 valence electrons. The molecule has 0 radical (unpaired) electrons. The smallest absolute Gasteiger partial charge is 0.140 e. The van der Waals surface area contributed by atoms with Crippen LogP contribution in [0.2, 0.25) is 0 Å².